The zero-order valence-corrected chi connectivity index (χ0v) is 11.5. The van der Waals surface area contributed by atoms with Crippen LogP contribution < -0.4 is 11.1 Å². The number of carbonyl (C=O) groups is 1. The Bertz CT molecular complexity index is 541. The molecule has 2 heterocycles. The summed E-state index contributed by atoms with van der Waals surface area (Å²) in [4.78, 5) is 20.2. The Hall–Kier alpha value is -1.79. The van der Waals surface area contributed by atoms with E-state index in [4.69, 9.17) is 5.73 Å². The molecule has 0 bridgehead atoms. The molecule has 2 rings (SSSR count). The van der Waals surface area contributed by atoms with E-state index in [-0.39, 0.29) is 11.9 Å². The summed E-state index contributed by atoms with van der Waals surface area (Å²) in [6.07, 6.45) is 4.12. The Morgan fingerprint density at radius 3 is 2.89 bits per heavy atom. The van der Waals surface area contributed by atoms with E-state index in [0.29, 0.717) is 18.7 Å². The highest BCUT2D eigenvalue weighted by Gasteiger charge is 2.14. The van der Waals surface area contributed by atoms with Crippen LogP contribution >= 0.6 is 11.3 Å². The van der Waals surface area contributed by atoms with E-state index in [0.717, 1.165) is 10.6 Å². The molecular formula is C13H16N4OS. The molecule has 100 valence electrons. The third-order valence-electron chi connectivity index (χ3n) is 2.70. The van der Waals surface area contributed by atoms with Crippen molar-refractivity contribution in [3.63, 3.8) is 0 Å². The second-order valence-corrected chi connectivity index (χ2v) is 5.08. The van der Waals surface area contributed by atoms with Gasteiger partial charge in [0.2, 0.25) is 0 Å². The van der Waals surface area contributed by atoms with E-state index >= 15 is 0 Å². The second-order valence-electron chi connectivity index (χ2n) is 4.14. The summed E-state index contributed by atoms with van der Waals surface area (Å²) in [5.41, 5.74) is 6.93. The van der Waals surface area contributed by atoms with Crippen LogP contribution in [0.3, 0.4) is 0 Å². The summed E-state index contributed by atoms with van der Waals surface area (Å²) >= 11 is 1.46. The molecule has 0 spiro atoms. The summed E-state index contributed by atoms with van der Waals surface area (Å²) < 4.78 is 0. The van der Waals surface area contributed by atoms with Crippen molar-refractivity contribution in [1.29, 1.82) is 0 Å². The number of amides is 1. The first kappa shape index (κ1) is 13.6. The van der Waals surface area contributed by atoms with E-state index in [1.165, 1.54) is 11.3 Å². The van der Waals surface area contributed by atoms with Crippen molar-refractivity contribution in [3.05, 3.63) is 46.2 Å². The zero-order chi connectivity index (χ0) is 13.7. The van der Waals surface area contributed by atoms with Gasteiger partial charge in [0.25, 0.3) is 5.91 Å². The number of hydrogen-bond acceptors (Lipinski definition) is 5. The molecule has 2 aromatic heterocycles. The van der Waals surface area contributed by atoms with Crippen LogP contribution in [0, 0.1) is 0 Å². The minimum absolute atomic E-state index is 0.0739. The van der Waals surface area contributed by atoms with E-state index in [1.807, 2.05) is 19.1 Å². The van der Waals surface area contributed by atoms with Crippen LogP contribution in [-0.4, -0.2) is 22.4 Å². The van der Waals surface area contributed by atoms with Gasteiger partial charge in [-0.05, 0) is 31.2 Å². The average molecular weight is 276 g/mol. The molecule has 0 radical (unpaired) electrons. The Morgan fingerprint density at radius 1 is 1.47 bits per heavy atom. The van der Waals surface area contributed by atoms with Crippen molar-refractivity contribution in [2.75, 3.05) is 6.54 Å². The molecule has 1 amide bonds. The van der Waals surface area contributed by atoms with Gasteiger partial charge in [-0.1, -0.05) is 0 Å². The standard InChI is InChI=1S/C13H16N4OS/c1-9(10-3-6-15-7-4-10)16-13(18)11-8-19-12(17-11)2-5-14/h3-4,6-9H,2,5,14H2,1H3,(H,16,18)/t9-/m0/s1. The van der Waals surface area contributed by atoms with Gasteiger partial charge < -0.3 is 11.1 Å². The summed E-state index contributed by atoms with van der Waals surface area (Å²) in [5, 5.41) is 5.57. The molecule has 3 N–H and O–H groups in total. The number of nitrogens with two attached hydrogens (primary N) is 1. The molecule has 19 heavy (non-hydrogen) atoms. The minimum atomic E-state index is -0.163. The van der Waals surface area contributed by atoms with Crippen LogP contribution in [-0.2, 0) is 6.42 Å². The molecule has 0 saturated carbocycles. The van der Waals surface area contributed by atoms with Crippen LogP contribution in [0.2, 0.25) is 0 Å². The molecule has 0 aromatic carbocycles. The van der Waals surface area contributed by atoms with Gasteiger partial charge in [0, 0.05) is 24.2 Å². The summed E-state index contributed by atoms with van der Waals surface area (Å²) in [7, 11) is 0. The maximum absolute atomic E-state index is 12.0. The number of rotatable bonds is 5. The Balaban J connectivity index is 2.00. The lowest BCUT2D eigenvalue weighted by Gasteiger charge is -2.12. The largest absolute Gasteiger partial charge is 0.344 e. The number of hydrogen-bond donors (Lipinski definition) is 2. The van der Waals surface area contributed by atoms with Crippen LogP contribution in [0.25, 0.3) is 0 Å². The highest BCUT2D eigenvalue weighted by Crippen LogP contribution is 2.13. The monoisotopic (exact) mass is 276 g/mol. The molecule has 0 aliphatic heterocycles. The van der Waals surface area contributed by atoms with Crippen molar-refractivity contribution in [2.24, 2.45) is 5.73 Å². The number of nitrogens with one attached hydrogen (secondary N) is 1. The van der Waals surface area contributed by atoms with Crippen molar-refractivity contribution in [3.8, 4) is 0 Å². The molecule has 0 saturated heterocycles. The van der Waals surface area contributed by atoms with Crippen LogP contribution in [0.15, 0.2) is 29.9 Å². The average Bonchev–Trinajstić information content (AvgIpc) is 2.89. The normalized spacial score (nSPS) is 12.1. The van der Waals surface area contributed by atoms with Gasteiger partial charge in [-0.2, -0.15) is 0 Å². The van der Waals surface area contributed by atoms with Crippen LogP contribution in [0.1, 0.15) is 34.0 Å². The fraction of sp³-hybridized carbons (Fsp3) is 0.308. The smallest absolute Gasteiger partial charge is 0.271 e. The first-order valence-electron chi connectivity index (χ1n) is 6.06. The number of pyridine rings is 1. The lowest BCUT2D eigenvalue weighted by atomic mass is 10.1. The highest BCUT2D eigenvalue weighted by atomic mass is 32.1. The summed E-state index contributed by atoms with van der Waals surface area (Å²) in [5.74, 6) is -0.163. The van der Waals surface area contributed by atoms with E-state index in [1.54, 1.807) is 17.8 Å². The maximum Gasteiger partial charge on any atom is 0.271 e. The highest BCUT2D eigenvalue weighted by molar-refractivity contribution is 7.09. The summed E-state index contributed by atoms with van der Waals surface area (Å²) in [6, 6.07) is 3.69. The predicted molar refractivity (Wildman–Crippen MR) is 75.0 cm³/mol. The van der Waals surface area contributed by atoms with Gasteiger partial charge in [0.15, 0.2) is 0 Å². The number of aromatic nitrogens is 2. The molecular weight excluding hydrogens is 260 g/mol. The molecule has 1 atom stereocenters. The lowest BCUT2D eigenvalue weighted by molar-refractivity contribution is 0.0935. The van der Waals surface area contributed by atoms with E-state index < -0.39 is 0 Å². The van der Waals surface area contributed by atoms with Crippen molar-refractivity contribution >= 4 is 17.2 Å². The Labute approximate surface area is 115 Å². The zero-order valence-electron chi connectivity index (χ0n) is 10.7. The van der Waals surface area contributed by atoms with Gasteiger partial charge in [-0.3, -0.25) is 9.78 Å². The fourth-order valence-corrected chi connectivity index (χ4v) is 2.45. The summed E-state index contributed by atoms with van der Waals surface area (Å²) in [6.45, 7) is 2.47. The first-order valence-corrected chi connectivity index (χ1v) is 6.94. The maximum atomic E-state index is 12.0. The van der Waals surface area contributed by atoms with Gasteiger partial charge in [-0.25, -0.2) is 4.98 Å². The molecule has 0 unspecified atom stereocenters. The van der Waals surface area contributed by atoms with Crippen molar-refractivity contribution < 1.29 is 4.79 Å². The van der Waals surface area contributed by atoms with E-state index in [2.05, 4.69) is 15.3 Å². The van der Waals surface area contributed by atoms with Crippen molar-refractivity contribution in [2.45, 2.75) is 19.4 Å². The quantitative estimate of drug-likeness (QED) is 0.867. The number of carbonyl (C=O) groups excluding carboxylic acids is 1. The fourth-order valence-electron chi connectivity index (χ4n) is 1.66. The topological polar surface area (TPSA) is 80.9 Å². The SMILES string of the molecule is C[C@H](NC(=O)c1csc(CCN)n1)c1ccncc1. The Kier molecular flexibility index (Phi) is 4.59. The van der Waals surface area contributed by atoms with Gasteiger partial charge in [0.1, 0.15) is 5.69 Å². The van der Waals surface area contributed by atoms with E-state index in [9.17, 15) is 4.79 Å². The van der Waals surface area contributed by atoms with Gasteiger partial charge >= 0.3 is 0 Å². The molecule has 0 aliphatic rings. The lowest BCUT2D eigenvalue weighted by Crippen LogP contribution is -2.27. The van der Waals surface area contributed by atoms with Crippen LogP contribution in [0.5, 0.6) is 0 Å². The third-order valence-corrected chi connectivity index (χ3v) is 3.60. The molecule has 6 heteroatoms. The molecule has 0 fully saturated rings. The van der Waals surface area contributed by atoms with Crippen molar-refractivity contribution in [1.82, 2.24) is 15.3 Å². The number of thiazole rings is 1. The van der Waals surface area contributed by atoms with Gasteiger partial charge in [0.05, 0.1) is 11.0 Å². The predicted octanol–water partition coefficient (Wildman–Crippen LogP) is 1.53. The molecule has 5 nitrogen and oxygen atoms in total. The van der Waals surface area contributed by atoms with Gasteiger partial charge in [-0.15, -0.1) is 11.3 Å². The molecule has 0 aliphatic carbocycles. The Morgan fingerprint density at radius 2 is 2.21 bits per heavy atom. The second kappa shape index (κ2) is 6.40. The number of nitrogens with zero attached hydrogens (tertiary/aromatic N) is 2. The third kappa shape index (κ3) is 3.59. The minimum Gasteiger partial charge on any atom is -0.344 e. The first-order chi connectivity index (χ1) is 9.20. The van der Waals surface area contributed by atoms with Crippen LogP contribution in [0.4, 0.5) is 0 Å². The molecule has 2 aromatic rings.